The lowest BCUT2D eigenvalue weighted by molar-refractivity contribution is 0.0601. The molecular weight excluding hydrogens is 328 g/mol. The van der Waals surface area contributed by atoms with Crippen molar-refractivity contribution in [2.45, 2.75) is 13.5 Å². The fourth-order valence-corrected chi connectivity index (χ4v) is 2.48. The highest BCUT2D eigenvalue weighted by Crippen LogP contribution is 2.17. The number of carbonyl (C=O) groups excluding carboxylic acids is 1. The predicted octanol–water partition coefficient (Wildman–Crippen LogP) is 3.93. The first kappa shape index (κ1) is 17.4. The van der Waals surface area contributed by atoms with E-state index < -0.39 is 0 Å². The van der Waals surface area contributed by atoms with E-state index >= 15 is 0 Å². The van der Waals surface area contributed by atoms with Crippen LogP contribution in [-0.2, 0) is 11.3 Å². The van der Waals surface area contributed by atoms with E-state index in [1.165, 1.54) is 18.2 Å². The second kappa shape index (κ2) is 8.11. The standard InChI is InChI=1S/C20H20N4O2/c1-14-6-3-4-7-16(14)13-22-18-10-11-21-20(24-18)23-17-9-5-8-15(12-17)19(25)26-2/h3-12H,13H2,1-2H3,(H2,21,22,23,24). The molecule has 3 aromatic rings. The number of benzene rings is 2. The number of hydrogen-bond acceptors (Lipinski definition) is 6. The average molecular weight is 348 g/mol. The number of methoxy groups -OCH3 is 1. The Labute approximate surface area is 152 Å². The number of esters is 1. The smallest absolute Gasteiger partial charge is 0.337 e. The Kier molecular flexibility index (Phi) is 5.43. The summed E-state index contributed by atoms with van der Waals surface area (Å²) in [4.78, 5) is 20.3. The summed E-state index contributed by atoms with van der Waals surface area (Å²) in [5.41, 5.74) is 3.62. The summed E-state index contributed by atoms with van der Waals surface area (Å²) < 4.78 is 4.74. The van der Waals surface area contributed by atoms with Crippen molar-refractivity contribution in [3.63, 3.8) is 0 Å². The topological polar surface area (TPSA) is 76.1 Å². The van der Waals surface area contributed by atoms with Gasteiger partial charge < -0.3 is 15.4 Å². The van der Waals surface area contributed by atoms with Gasteiger partial charge in [-0.15, -0.1) is 0 Å². The van der Waals surface area contributed by atoms with Crippen LogP contribution in [0.4, 0.5) is 17.5 Å². The number of aryl methyl sites for hydroxylation is 1. The van der Waals surface area contributed by atoms with E-state index in [1.54, 1.807) is 24.4 Å². The van der Waals surface area contributed by atoms with Crippen molar-refractivity contribution in [1.29, 1.82) is 0 Å². The number of hydrogen-bond donors (Lipinski definition) is 2. The maximum atomic E-state index is 11.6. The zero-order chi connectivity index (χ0) is 18.4. The van der Waals surface area contributed by atoms with Crippen LogP contribution in [0.1, 0.15) is 21.5 Å². The average Bonchev–Trinajstić information content (AvgIpc) is 2.67. The summed E-state index contributed by atoms with van der Waals surface area (Å²) in [6.07, 6.45) is 1.68. The summed E-state index contributed by atoms with van der Waals surface area (Å²) in [7, 11) is 1.36. The summed E-state index contributed by atoms with van der Waals surface area (Å²) in [5.74, 6) is 0.778. The molecule has 0 bridgehead atoms. The number of nitrogens with one attached hydrogen (secondary N) is 2. The van der Waals surface area contributed by atoms with Gasteiger partial charge in [-0.3, -0.25) is 0 Å². The lowest BCUT2D eigenvalue weighted by Gasteiger charge is -2.10. The zero-order valence-electron chi connectivity index (χ0n) is 14.7. The minimum atomic E-state index is -0.386. The highest BCUT2D eigenvalue weighted by atomic mass is 16.5. The predicted molar refractivity (Wildman–Crippen MR) is 102 cm³/mol. The maximum absolute atomic E-state index is 11.6. The van der Waals surface area contributed by atoms with Gasteiger partial charge in [-0.05, 0) is 42.3 Å². The monoisotopic (exact) mass is 348 g/mol. The first-order chi connectivity index (χ1) is 12.7. The molecule has 1 aromatic heterocycles. The van der Waals surface area contributed by atoms with Crippen LogP contribution in [0.3, 0.4) is 0 Å². The van der Waals surface area contributed by atoms with E-state index in [0.29, 0.717) is 23.7 Å². The molecule has 0 aliphatic heterocycles. The SMILES string of the molecule is COC(=O)c1cccc(Nc2nccc(NCc3ccccc3C)n2)c1. The maximum Gasteiger partial charge on any atom is 0.337 e. The Hall–Kier alpha value is -3.41. The highest BCUT2D eigenvalue weighted by Gasteiger charge is 2.07. The molecule has 6 nitrogen and oxygen atoms in total. The van der Waals surface area contributed by atoms with Gasteiger partial charge in [-0.25, -0.2) is 9.78 Å². The Morgan fingerprint density at radius 2 is 1.96 bits per heavy atom. The van der Waals surface area contributed by atoms with Gasteiger partial charge in [0.05, 0.1) is 12.7 Å². The number of rotatable bonds is 6. The highest BCUT2D eigenvalue weighted by molar-refractivity contribution is 5.90. The summed E-state index contributed by atoms with van der Waals surface area (Å²) in [6.45, 7) is 2.76. The van der Waals surface area contributed by atoms with Crippen molar-refractivity contribution in [3.05, 3.63) is 77.5 Å². The van der Waals surface area contributed by atoms with Gasteiger partial charge >= 0.3 is 5.97 Å². The van der Waals surface area contributed by atoms with Crippen LogP contribution in [0, 0.1) is 6.92 Å². The molecule has 2 aromatic carbocycles. The lowest BCUT2D eigenvalue weighted by Crippen LogP contribution is -2.06. The van der Waals surface area contributed by atoms with Gasteiger partial charge in [0, 0.05) is 18.4 Å². The van der Waals surface area contributed by atoms with Crippen LogP contribution in [0.2, 0.25) is 0 Å². The van der Waals surface area contributed by atoms with Crippen molar-refractivity contribution in [2.75, 3.05) is 17.7 Å². The molecule has 0 aliphatic rings. The van der Waals surface area contributed by atoms with Crippen LogP contribution >= 0.6 is 0 Å². The minimum absolute atomic E-state index is 0.386. The van der Waals surface area contributed by atoms with Crippen LogP contribution in [0.15, 0.2) is 60.8 Å². The number of nitrogens with zero attached hydrogens (tertiary/aromatic N) is 2. The molecule has 0 spiro atoms. The fraction of sp³-hybridized carbons (Fsp3) is 0.150. The quantitative estimate of drug-likeness (QED) is 0.658. The molecule has 1 heterocycles. The van der Waals surface area contributed by atoms with Crippen LogP contribution in [0.25, 0.3) is 0 Å². The zero-order valence-corrected chi connectivity index (χ0v) is 14.7. The van der Waals surface area contributed by atoms with Gasteiger partial charge in [0.1, 0.15) is 5.82 Å². The lowest BCUT2D eigenvalue weighted by atomic mass is 10.1. The molecule has 3 rings (SSSR count). The second-order valence-electron chi connectivity index (χ2n) is 5.74. The van der Waals surface area contributed by atoms with Crippen molar-refractivity contribution in [1.82, 2.24) is 9.97 Å². The van der Waals surface area contributed by atoms with E-state index in [0.717, 1.165) is 5.82 Å². The molecular formula is C20H20N4O2. The Morgan fingerprint density at radius 3 is 2.77 bits per heavy atom. The van der Waals surface area contributed by atoms with Gasteiger partial charge in [0.25, 0.3) is 0 Å². The van der Waals surface area contributed by atoms with Gasteiger partial charge in [-0.2, -0.15) is 4.98 Å². The first-order valence-electron chi connectivity index (χ1n) is 8.22. The molecule has 0 atom stereocenters. The molecule has 132 valence electrons. The summed E-state index contributed by atoms with van der Waals surface area (Å²) >= 11 is 0. The van der Waals surface area contributed by atoms with E-state index in [-0.39, 0.29) is 5.97 Å². The summed E-state index contributed by atoms with van der Waals surface area (Å²) in [5, 5.41) is 6.40. The Bertz CT molecular complexity index is 912. The second-order valence-corrected chi connectivity index (χ2v) is 5.74. The van der Waals surface area contributed by atoms with Crippen LogP contribution in [-0.4, -0.2) is 23.0 Å². The number of carbonyl (C=O) groups is 1. The van der Waals surface area contributed by atoms with Gasteiger partial charge in [-0.1, -0.05) is 30.3 Å². The van der Waals surface area contributed by atoms with Crippen LogP contribution < -0.4 is 10.6 Å². The van der Waals surface area contributed by atoms with E-state index in [2.05, 4.69) is 39.7 Å². The first-order valence-corrected chi connectivity index (χ1v) is 8.22. The van der Waals surface area contributed by atoms with E-state index in [4.69, 9.17) is 4.74 Å². The summed E-state index contributed by atoms with van der Waals surface area (Å²) in [6, 6.07) is 17.0. The van der Waals surface area contributed by atoms with Crippen molar-refractivity contribution in [2.24, 2.45) is 0 Å². The molecule has 6 heteroatoms. The normalized spacial score (nSPS) is 10.2. The molecule has 0 aliphatic carbocycles. The molecule has 26 heavy (non-hydrogen) atoms. The van der Waals surface area contributed by atoms with Gasteiger partial charge in [0.15, 0.2) is 0 Å². The van der Waals surface area contributed by atoms with Gasteiger partial charge in [0.2, 0.25) is 5.95 Å². The van der Waals surface area contributed by atoms with Crippen molar-refractivity contribution in [3.8, 4) is 0 Å². The Balaban J connectivity index is 1.70. The minimum Gasteiger partial charge on any atom is -0.465 e. The molecule has 0 amide bonds. The third kappa shape index (κ3) is 4.36. The van der Waals surface area contributed by atoms with Crippen molar-refractivity contribution >= 4 is 23.4 Å². The largest absolute Gasteiger partial charge is 0.465 e. The molecule has 0 saturated heterocycles. The molecule has 2 N–H and O–H groups in total. The third-order valence-corrected chi connectivity index (χ3v) is 3.92. The number of aromatic nitrogens is 2. The number of anilines is 3. The Morgan fingerprint density at radius 1 is 1.12 bits per heavy atom. The molecule has 0 fully saturated rings. The number of ether oxygens (including phenoxy) is 1. The molecule has 0 saturated carbocycles. The van der Waals surface area contributed by atoms with Crippen LogP contribution in [0.5, 0.6) is 0 Å². The van der Waals surface area contributed by atoms with Crippen molar-refractivity contribution < 1.29 is 9.53 Å². The fourth-order valence-electron chi connectivity index (χ4n) is 2.48. The molecule has 0 unspecified atom stereocenters. The van der Waals surface area contributed by atoms with E-state index in [1.807, 2.05) is 24.3 Å². The van der Waals surface area contributed by atoms with E-state index in [9.17, 15) is 4.79 Å². The third-order valence-electron chi connectivity index (χ3n) is 3.92. The molecule has 0 radical (unpaired) electrons.